The van der Waals surface area contributed by atoms with E-state index in [4.69, 9.17) is 0 Å². The maximum Gasteiger partial charge on any atom is 0.287 e. The predicted octanol–water partition coefficient (Wildman–Crippen LogP) is 3.74. The monoisotopic (exact) mass is 344 g/mol. The van der Waals surface area contributed by atoms with Crippen LogP contribution in [0.5, 0.6) is 0 Å². The summed E-state index contributed by atoms with van der Waals surface area (Å²) in [6.07, 6.45) is 1.72. The molecule has 0 aliphatic rings. The Kier molecular flexibility index (Phi) is 3.84. The van der Waals surface area contributed by atoms with Crippen LogP contribution in [0, 0.1) is 6.92 Å². The quantitative estimate of drug-likeness (QED) is 0.447. The van der Waals surface area contributed by atoms with Gasteiger partial charge in [0.15, 0.2) is 0 Å². The van der Waals surface area contributed by atoms with Crippen molar-refractivity contribution in [2.45, 2.75) is 6.92 Å². The number of aryl methyl sites for hydroxylation is 2. The van der Waals surface area contributed by atoms with E-state index in [-0.39, 0.29) is 5.91 Å². The van der Waals surface area contributed by atoms with Crippen LogP contribution in [0.3, 0.4) is 0 Å². The van der Waals surface area contributed by atoms with E-state index in [0.29, 0.717) is 5.69 Å². The summed E-state index contributed by atoms with van der Waals surface area (Å²) in [5.41, 5.74) is 7.52. The lowest BCUT2D eigenvalue weighted by atomic mass is 10.1. The van der Waals surface area contributed by atoms with Crippen LogP contribution in [0.1, 0.15) is 21.7 Å². The van der Waals surface area contributed by atoms with Crippen molar-refractivity contribution in [2.75, 3.05) is 0 Å². The van der Waals surface area contributed by atoms with Crippen molar-refractivity contribution in [3.63, 3.8) is 0 Å². The first kappa shape index (κ1) is 16.1. The Balaban J connectivity index is 1.62. The summed E-state index contributed by atoms with van der Waals surface area (Å²) < 4.78 is 4.01. The molecule has 1 amide bonds. The van der Waals surface area contributed by atoms with E-state index in [0.717, 1.165) is 33.1 Å². The predicted molar refractivity (Wildman–Crippen MR) is 106 cm³/mol. The Morgan fingerprint density at radius 2 is 1.69 bits per heavy atom. The summed E-state index contributed by atoms with van der Waals surface area (Å²) in [5, 5.41) is 6.36. The number of nitrogens with zero attached hydrogens (tertiary/aromatic N) is 3. The fourth-order valence-electron chi connectivity index (χ4n) is 3.43. The lowest BCUT2D eigenvalue weighted by Crippen LogP contribution is -2.20. The molecule has 0 bridgehead atoms. The van der Waals surface area contributed by atoms with E-state index < -0.39 is 0 Å². The topological polar surface area (TPSA) is 51.3 Å². The van der Waals surface area contributed by atoms with Crippen molar-refractivity contribution < 1.29 is 4.79 Å². The van der Waals surface area contributed by atoms with Gasteiger partial charge in [-0.15, -0.1) is 0 Å². The van der Waals surface area contributed by atoms with Crippen LogP contribution in [0.4, 0.5) is 0 Å². The molecule has 0 saturated carbocycles. The summed E-state index contributed by atoms with van der Waals surface area (Å²) in [6, 6.07) is 18.0. The van der Waals surface area contributed by atoms with Gasteiger partial charge in [-0.3, -0.25) is 4.79 Å². The molecule has 0 spiro atoms. The molecule has 0 unspecified atom stereocenters. The van der Waals surface area contributed by atoms with Crippen molar-refractivity contribution in [1.82, 2.24) is 14.6 Å². The third kappa shape index (κ3) is 2.49. The van der Waals surface area contributed by atoms with Crippen molar-refractivity contribution in [1.29, 1.82) is 0 Å². The number of rotatable bonds is 3. The number of amides is 1. The van der Waals surface area contributed by atoms with Gasteiger partial charge in [-0.05, 0) is 25.1 Å². The summed E-state index contributed by atoms with van der Waals surface area (Å²) in [7, 11) is 3.92. The molecule has 0 aliphatic carbocycles. The molecule has 2 aromatic heterocycles. The maximum atomic E-state index is 12.5. The van der Waals surface area contributed by atoms with E-state index in [1.165, 1.54) is 0 Å². The first-order valence-electron chi connectivity index (χ1n) is 8.50. The van der Waals surface area contributed by atoms with E-state index in [1.807, 2.05) is 68.1 Å². The molecule has 2 heterocycles. The van der Waals surface area contributed by atoms with E-state index in [2.05, 4.69) is 27.2 Å². The van der Waals surface area contributed by atoms with Crippen LogP contribution in [0.2, 0.25) is 0 Å². The molecular weight excluding hydrogens is 324 g/mol. The highest BCUT2D eigenvalue weighted by Gasteiger charge is 2.13. The number of hydrogen-bond donors (Lipinski definition) is 1. The van der Waals surface area contributed by atoms with Gasteiger partial charge in [0.05, 0.1) is 6.21 Å². The zero-order chi connectivity index (χ0) is 18.3. The molecule has 0 fully saturated rings. The lowest BCUT2D eigenvalue weighted by Gasteiger charge is -2.02. The number of carbonyl (C=O) groups excluding carboxylic acids is 1. The largest absolute Gasteiger partial charge is 0.347 e. The molecule has 0 atom stereocenters. The fraction of sp³-hybridized carbons (Fsp3) is 0.143. The molecule has 0 saturated heterocycles. The van der Waals surface area contributed by atoms with E-state index >= 15 is 0 Å². The summed E-state index contributed by atoms with van der Waals surface area (Å²) in [5.74, 6) is -0.224. The average Bonchev–Trinajstić information content (AvgIpc) is 3.12. The molecular formula is C21H20N4O. The van der Waals surface area contributed by atoms with Crippen LogP contribution in [0.25, 0.3) is 21.8 Å². The second kappa shape index (κ2) is 6.19. The van der Waals surface area contributed by atoms with Crippen molar-refractivity contribution in [2.24, 2.45) is 19.2 Å². The molecule has 5 nitrogen and oxygen atoms in total. The molecule has 26 heavy (non-hydrogen) atoms. The van der Waals surface area contributed by atoms with Gasteiger partial charge in [-0.25, -0.2) is 5.43 Å². The molecule has 1 N–H and O–H groups in total. The Hall–Kier alpha value is -3.34. The Labute approximate surface area is 151 Å². The number of benzene rings is 2. The molecule has 5 heteroatoms. The van der Waals surface area contributed by atoms with Gasteiger partial charge in [-0.2, -0.15) is 5.10 Å². The minimum absolute atomic E-state index is 0.224. The summed E-state index contributed by atoms with van der Waals surface area (Å²) in [4.78, 5) is 12.5. The molecule has 0 radical (unpaired) electrons. The third-order valence-corrected chi connectivity index (χ3v) is 4.99. The minimum Gasteiger partial charge on any atom is -0.347 e. The average molecular weight is 344 g/mol. The number of nitrogens with one attached hydrogen (secondary N) is 1. The zero-order valence-corrected chi connectivity index (χ0v) is 15.0. The van der Waals surface area contributed by atoms with E-state index in [1.54, 1.807) is 6.21 Å². The first-order chi connectivity index (χ1) is 12.6. The van der Waals surface area contributed by atoms with Crippen molar-refractivity contribution in [3.05, 3.63) is 71.5 Å². The minimum atomic E-state index is -0.224. The second-order valence-corrected chi connectivity index (χ2v) is 6.42. The Morgan fingerprint density at radius 1 is 1.00 bits per heavy atom. The maximum absolute atomic E-state index is 12.5. The molecule has 4 rings (SSSR count). The van der Waals surface area contributed by atoms with Crippen LogP contribution in [-0.4, -0.2) is 21.3 Å². The van der Waals surface area contributed by atoms with Gasteiger partial charge in [0, 0.05) is 47.2 Å². The van der Waals surface area contributed by atoms with Crippen molar-refractivity contribution in [3.8, 4) is 0 Å². The lowest BCUT2D eigenvalue weighted by molar-refractivity contribution is 0.0947. The Morgan fingerprint density at radius 3 is 2.46 bits per heavy atom. The van der Waals surface area contributed by atoms with Crippen LogP contribution < -0.4 is 5.43 Å². The van der Waals surface area contributed by atoms with Gasteiger partial charge in [0.2, 0.25) is 0 Å². The fourth-order valence-corrected chi connectivity index (χ4v) is 3.43. The number of para-hydroxylation sites is 2. The highest BCUT2D eigenvalue weighted by atomic mass is 16.2. The normalized spacial score (nSPS) is 11.7. The third-order valence-electron chi connectivity index (χ3n) is 4.99. The molecule has 130 valence electrons. The number of fused-ring (bicyclic) bond motifs is 2. The highest BCUT2D eigenvalue weighted by molar-refractivity contribution is 6.02. The van der Waals surface area contributed by atoms with Gasteiger partial charge < -0.3 is 9.13 Å². The summed E-state index contributed by atoms with van der Waals surface area (Å²) >= 11 is 0. The molecule has 0 aliphatic heterocycles. The highest BCUT2D eigenvalue weighted by Crippen LogP contribution is 2.23. The number of aromatic nitrogens is 2. The molecule has 4 aromatic rings. The van der Waals surface area contributed by atoms with Crippen LogP contribution in [0.15, 0.2) is 59.7 Å². The van der Waals surface area contributed by atoms with Gasteiger partial charge in [0.1, 0.15) is 5.69 Å². The summed E-state index contributed by atoms with van der Waals surface area (Å²) in [6.45, 7) is 2.05. The van der Waals surface area contributed by atoms with E-state index in [9.17, 15) is 4.79 Å². The smallest absolute Gasteiger partial charge is 0.287 e. The first-order valence-corrected chi connectivity index (χ1v) is 8.50. The standard InChI is InChI=1S/C21H20N4O/c1-14-17(16-9-5-7-11-19(16)24(14)2)13-22-23-21(26)20-12-15-8-4-6-10-18(15)25(20)3/h4-13H,1-3H3,(H,23,26)/b22-13+. The number of hydrogen-bond acceptors (Lipinski definition) is 2. The number of carbonyl (C=O) groups is 1. The zero-order valence-electron chi connectivity index (χ0n) is 15.0. The second-order valence-electron chi connectivity index (χ2n) is 6.42. The Bertz CT molecular complexity index is 1160. The SMILES string of the molecule is Cc1c(/C=N/NC(=O)c2cc3ccccc3n2C)c2ccccc2n1C. The van der Waals surface area contributed by atoms with Crippen LogP contribution in [-0.2, 0) is 14.1 Å². The molecule has 2 aromatic carbocycles. The number of hydrazone groups is 1. The van der Waals surface area contributed by atoms with Crippen LogP contribution >= 0.6 is 0 Å². The van der Waals surface area contributed by atoms with Gasteiger partial charge in [0.25, 0.3) is 5.91 Å². The van der Waals surface area contributed by atoms with Gasteiger partial charge >= 0.3 is 0 Å². The van der Waals surface area contributed by atoms with Gasteiger partial charge in [-0.1, -0.05) is 36.4 Å². The van der Waals surface area contributed by atoms with Crippen molar-refractivity contribution >= 4 is 33.9 Å².